The minimum atomic E-state index is -0.502. The van der Waals surface area contributed by atoms with Crippen LogP contribution in [0.4, 0.5) is 4.79 Å². The Labute approximate surface area is 151 Å². The summed E-state index contributed by atoms with van der Waals surface area (Å²) < 4.78 is 5.28. The number of nitrogens with zero attached hydrogens (tertiary/aromatic N) is 1. The number of hydrogen-bond donors (Lipinski definition) is 1. The van der Waals surface area contributed by atoms with E-state index < -0.39 is 6.04 Å². The van der Waals surface area contributed by atoms with Crippen molar-refractivity contribution in [1.82, 2.24) is 10.2 Å². The number of halogens is 1. The zero-order chi connectivity index (χ0) is 17.8. The first-order valence-electron chi connectivity index (χ1n) is 8.06. The molecule has 0 aliphatic carbocycles. The predicted octanol–water partition coefficient (Wildman–Crippen LogP) is 3.40. The maximum atomic E-state index is 12.6. The maximum Gasteiger partial charge on any atom is 0.325 e. The highest BCUT2D eigenvalue weighted by molar-refractivity contribution is 6.30. The van der Waals surface area contributed by atoms with E-state index in [-0.39, 0.29) is 18.5 Å². The summed E-state index contributed by atoms with van der Waals surface area (Å²) in [5, 5.41) is 3.29. The number of amides is 3. The maximum absolute atomic E-state index is 12.6. The summed E-state index contributed by atoms with van der Waals surface area (Å²) in [6, 6.07) is 14.1. The van der Waals surface area contributed by atoms with Crippen LogP contribution >= 0.6 is 11.6 Å². The summed E-state index contributed by atoms with van der Waals surface area (Å²) in [4.78, 5) is 26.0. The molecule has 1 N–H and O–H groups in total. The van der Waals surface area contributed by atoms with Crippen LogP contribution in [-0.2, 0) is 17.8 Å². The Balaban J connectivity index is 1.68. The Morgan fingerprint density at radius 3 is 2.64 bits per heavy atom. The molecule has 2 aromatic rings. The van der Waals surface area contributed by atoms with Crippen LogP contribution in [0.3, 0.4) is 0 Å². The van der Waals surface area contributed by atoms with E-state index in [4.69, 9.17) is 16.3 Å². The van der Waals surface area contributed by atoms with Crippen LogP contribution in [0, 0.1) is 0 Å². The van der Waals surface area contributed by atoms with Crippen molar-refractivity contribution in [3.05, 3.63) is 64.7 Å². The lowest BCUT2D eigenvalue weighted by atomic mass is 10.1. The SMILES string of the molecule is COc1ccc(Cl)cc1CN1C(=O)N[C@H](CCc2ccccc2)C1=O. The molecule has 0 unspecified atom stereocenters. The molecule has 130 valence electrons. The van der Waals surface area contributed by atoms with Gasteiger partial charge in [-0.3, -0.25) is 9.69 Å². The van der Waals surface area contributed by atoms with E-state index in [1.165, 1.54) is 4.90 Å². The molecule has 3 rings (SSSR count). The van der Waals surface area contributed by atoms with Crippen LogP contribution in [0.1, 0.15) is 17.5 Å². The van der Waals surface area contributed by atoms with Crippen molar-refractivity contribution in [1.29, 1.82) is 0 Å². The zero-order valence-corrected chi connectivity index (χ0v) is 14.6. The summed E-state index contributed by atoms with van der Waals surface area (Å²) in [6.07, 6.45) is 1.30. The van der Waals surface area contributed by atoms with E-state index in [0.29, 0.717) is 22.8 Å². The van der Waals surface area contributed by atoms with Crippen LogP contribution in [0.15, 0.2) is 48.5 Å². The first-order chi connectivity index (χ1) is 12.1. The molecular weight excluding hydrogens is 340 g/mol. The lowest BCUT2D eigenvalue weighted by Crippen LogP contribution is -2.31. The van der Waals surface area contributed by atoms with Crippen molar-refractivity contribution in [3.63, 3.8) is 0 Å². The minimum Gasteiger partial charge on any atom is -0.496 e. The minimum absolute atomic E-state index is 0.135. The first kappa shape index (κ1) is 17.3. The van der Waals surface area contributed by atoms with Gasteiger partial charge in [-0.25, -0.2) is 4.79 Å². The molecule has 25 heavy (non-hydrogen) atoms. The van der Waals surface area contributed by atoms with Gasteiger partial charge in [0, 0.05) is 10.6 Å². The molecule has 1 fully saturated rings. The molecule has 2 aromatic carbocycles. The van der Waals surface area contributed by atoms with Crippen molar-refractivity contribution in [2.75, 3.05) is 7.11 Å². The molecule has 1 aliphatic rings. The monoisotopic (exact) mass is 358 g/mol. The number of ether oxygens (including phenoxy) is 1. The van der Waals surface area contributed by atoms with Gasteiger partial charge in [-0.1, -0.05) is 41.9 Å². The topological polar surface area (TPSA) is 58.6 Å². The van der Waals surface area contributed by atoms with Gasteiger partial charge in [0.05, 0.1) is 13.7 Å². The molecule has 1 saturated heterocycles. The fourth-order valence-electron chi connectivity index (χ4n) is 2.92. The van der Waals surface area contributed by atoms with Gasteiger partial charge in [0.2, 0.25) is 0 Å². The van der Waals surface area contributed by atoms with E-state index in [2.05, 4.69) is 5.32 Å². The second-order valence-corrected chi connectivity index (χ2v) is 6.34. The van der Waals surface area contributed by atoms with Gasteiger partial charge in [-0.2, -0.15) is 0 Å². The molecule has 0 bridgehead atoms. The third-order valence-corrected chi connectivity index (χ3v) is 4.48. The van der Waals surface area contributed by atoms with Crippen LogP contribution in [0.5, 0.6) is 5.75 Å². The Bertz CT molecular complexity index is 779. The number of aryl methyl sites for hydroxylation is 1. The summed E-state index contributed by atoms with van der Waals surface area (Å²) in [7, 11) is 1.54. The standard InChI is InChI=1S/C19H19ClN2O3/c1-25-17-10-8-15(20)11-14(17)12-22-18(23)16(21-19(22)24)9-7-13-5-3-2-4-6-13/h2-6,8,10-11,16H,7,9,12H2,1H3,(H,21,24)/t16-/m1/s1. The Hall–Kier alpha value is -2.53. The number of rotatable bonds is 6. The number of carbonyl (C=O) groups is 2. The van der Waals surface area contributed by atoms with E-state index in [1.54, 1.807) is 25.3 Å². The third kappa shape index (κ3) is 3.94. The molecule has 0 saturated carbocycles. The number of carbonyl (C=O) groups excluding carboxylic acids is 2. The van der Waals surface area contributed by atoms with E-state index in [0.717, 1.165) is 12.0 Å². The highest BCUT2D eigenvalue weighted by Gasteiger charge is 2.37. The Morgan fingerprint density at radius 2 is 1.92 bits per heavy atom. The molecule has 1 heterocycles. The van der Waals surface area contributed by atoms with E-state index in [1.807, 2.05) is 30.3 Å². The molecule has 0 aromatic heterocycles. The van der Waals surface area contributed by atoms with Gasteiger partial charge in [-0.05, 0) is 36.6 Å². The highest BCUT2D eigenvalue weighted by atomic mass is 35.5. The molecular formula is C19H19ClN2O3. The average molecular weight is 359 g/mol. The van der Waals surface area contributed by atoms with Crippen LogP contribution in [0.2, 0.25) is 5.02 Å². The van der Waals surface area contributed by atoms with Gasteiger partial charge < -0.3 is 10.1 Å². The van der Waals surface area contributed by atoms with Crippen LogP contribution in [-0.4, -0.2) is 30.0 Å². The summed E-state index contributed by atoms with van der Waals surface area (Å²) in [5.41, 5.74) is 1.83. The number of nitrogens with one attached hydrogen (secondary N) is 1. The van der Waals surface area contributed by atoms with E-state index in [9.17, 15) is 9.59 Å². The number of urea groups is 1. The molecule has 0 radical (unpaired) electrons. The number of imide groups is 1. The number of hydrogen-bond acceptors (Lipinski definition) is 3. The van der Waals surface area contributed by atoms with Gasteiger partial charge in [0.15, 0.2) is 0 Å². The Morgan fingerprint density at radius 1 is 1.16 bits per heavy atom. The zero-order valence-electron chi connectivity index (χ0n) is 13.9. The summed E-state index contributed by atoms with van der Waals surface area (Å²) >= 11 is 6.02. The average Bonchev–Trinajstić information content (AvgIpc) is 2.89. The third-order valence-electron chi connectivity index (χ3n) is 4.24. The quantitative estimate of drug-likeness (QED) is 0.805. The van der Waals surface area contributed by atoms with Crippen molar-refractivity contribution >= 4 is 23.5 Å². The van der Waals surface area contributed by atoms with Crippen molar-refractivity contribution in [2.24, 2.45) is 0 Å². The van der Waals surface area contributed by atoms with E-state index >= 15 is 0 Å². The van der Waals surface area contributed by atoms with Crippen LogP contribution < -0.4 is 10.1 Å². The smallest absolute Gasteiger partial charge is 0.325 e. The first-order valence-corrected chi connectivity index (χ1v) is 8.44. The molecule has 5 nitrogen and oxygen atoms in total. The fourth-order valence-corrected chi connectivity index (χ4v) is 3.11. The lowest BCUT2D eigenvalue weighted by Gasteiger charge is -2.16. The molecule has 0 spiro atoms. The Kier molecular flexibility index (Phi) is 5.24. The molecule has 3 amide bonds. The van der Waals surface area contributed by atoms with Crippen molar-refractivity contribution in [3.8, 4) is 5.75 Å². The van der Waals surface area contributed by atoms with Gasteiger partial charge in [-0.15, -0.1) is 0 Å². The molecule has 6 heteroatoms. The van der Waals surface area contributed by atoms with Gasteiger partial charge in [0.1, 0.15) is 11.8 Å². The lowest BCUT2D eigenvalue weighted by molar-refractivity contribution is -0.128. The second-order valence-electron chi connectivity index (χ2n) is 5.91. The van der Waals surface area contributed by atoms with Crippen molar-refractivity contribution < 1.29 is 14.3 Å². The fraction of sp³-hybridized carbons (Fsp3) is 0.263. The second kappa shape index (κ2) is 7.57. The number of benzene rings is 2. The van der Waals surface area contributed by atoms with Gasteiger partial charge in [0.25, 0.3) is 5.91 Å². The summed E-state index contributed by atoms with van der Waals surface area (Å²) in [6.45, 7) is 0.135. The number of methoxy groups -OCH3 is 1. The largest absolute Gasteiger partial charge is 0.496 e. The van der Waals surface area contributed by atoms with Crippen LogP contribution in [0.25, 0.3) is 0 Å². The van der Waals surface area contributed by atoms with Crippen molar-refractivity contribution in [2.45, 2.75) is 25.4 Å². The molecule has 1 aliphatic heterocycles. The van der Waals surface area contributed by atoms with Gasteiger partial charge >= 0.3 is 6.03 Å². The highest BCUT2D eigenvalue weighted by Crippen LogP contribution is 2.25. The normalized spacial score (nSPS) is 16.9. The predicted molar refractivity (Wildman–Crippen MR) is 95.6 cm³/mol. The summed E-state index contributed by atoms with van der Waals surface area (Å²) in [5.74, 6) is 0.376. The molecule has 1 atom stereocenters.